The van der Waals surface area contributed by atoms with E-state index in [4.69, 9.17) is 0 Å². The molecule has 0 aliphatic heterocycles. The molecule has 0 radical (unpaired) electrons. The van der Waals surface area contributed by atoms with Crippen LogP contribution < -0.4 is 0 Å². The zero-order chi connectivity index (χ0) is 11.5. The van der Waals surface area contributed by atoms with Gasteiger partial charge in [0, 0.05) is 12.8 Å². The maximum atomic E-state index is 12.9. The number of allylic oxidation sites excluding steroid dienone is 2. The number of ether oxygens (including phenoxy) is 1. The highest BCUT2D eigenvalue weighted by atomic mass is 19.4. The molecule has 0 N–H and O–H groups in total. The molecule has 0 aromatic rings. The summed E-state index contributed by atoms with van der Waals surface area (Å²) in [6.07, 6.45) is -4.16. The fourth-order valence-corrected chi connectivity index (χ4v) is 1.25. The highest BCUT2D eigenvalue weighted by molar-refractivity contribution is 5.55. The van der Waals surface area contributed by atoms with E-state index in [-0.39, 0.29) is 18.4 Å². The van der Waals surface area contributed by atoms with E-state index >= 15 is 0 Å². The number of carbonyl (C=O) groups excluding carboxylic acids is 1. The Balaban J connectivity index is 2.64. The molecule has 1 aliphatic carbocycles. The molecule has 0 amide bonds. The number of carbonyl (C=O) groups is 1. The van der Waals surface area contributed by atoms with Crippen molar-refractivity contribution in [2.24, 2.45) is 0 Å². The number of halogens is 4. The third kappa shape index (κ3) is 3.83. The van der Waals surface area contributed by atoms with Crippen LogP contribution in [0.25, 0.3) is 0 Å². The average Bonchev–Trinajstić information content (AvgIpc) is 2.09. The van der Waals surface area contributed by atoms with Crippen molar-refractivity contribution in [1.29, 1.82) is 0 Å². The lowest BCUT2D eigenvalue weighted by Gasteiger charge is -2.20. The van der Waals surface area contributed by atoms with Gasteiger partial charge in [-0.15, -0.1) is 13.2 Å². The van der Waals surface area contributed by atoms with E-state index in [2.05, 4.69) is 4.74 Å². The van der Waals surface area contributed by atoms with Crippen LogP contribution in [0, 0.1) is 0 Å². The predicted octanol–water partition coefficient (Wildman–Crippen LogP) is 2.66. The molecule has 0 fully saturated rings. The van der Waals surface area contributed by atoms with E-state index in [9.17, 15) is 22.4 Å². The van der Waals surface area contributed by atoms with Gasteiger partial charge in [0.2, 0.25) is 0 Å². The predicted molar refractivity (Wildman–Crippen MR) is 43.5 cm³/mol. The third-order valence-corrected chi connectivity index (χ3v) is 1.86. The minimum Gasteiger partial charge on any atom is -0.303 e. The summed E-state index contributed by atoms with van der Waals surface area (Å²) in [7, 11) is 0. The molecule has 1 unspecified atom stereocenters. The van der Waals surface area contributed by atoms with E-state index in [1.807, 2.05) is 0 Å². The molecule has 84 valence electrons. The highest BCUT2D eigenvalue weighted by Gasteiger charge is 2.34. The van der Waals surface area contributed by atoms with Gasteiger partial charge in [-0.05, 0) is 11.6 Å². The molecule has 0 aromatic carbocycles. The fraction of sp³-hybridized carbons (Fsp3) is 0.444. The molecule has 0 aromatic heterocycles. The van der Waals surface area contributed by atoms with Crippen LogP contribution in [0.2, 0.25) is 0 Å². The van der Waals surface area contributed by atoms with Crippen molar-refractivity contribution >= 4 is 6.29 Å². The molecule has 0 heterocycles. The molecular weight excluding hydrogens is 216 g/mol. The van der Waals surface area contributed by atoms with Crippen molar-refractivity contribution in [3.8, 4) is 0 Å². The van der Waals surface area contributed by atoms with Crippen LogP contribution >= 0.6 is 0 Å². The molecule has 2 nitrogen and oxygen atoms in total. The van der Waals surface area contributed by atoms with Crippen LogP contribution in [-0.2, 0) is 9.53 Å². The van der Waals surface area contributed by atoms with Gasteiger partial charge >= 0.3 is 6.36 Å². The lowest BCUT2D eigenvalue weighted by molar-refractivity contribution is -0.336. The average molecular weight is 224 g/mol. The van der Waals surface area contributed by atoms with E-state index in [1.165, 1.54) is 0 Å². The first-order valence-electron chi connectivity index (χ1n) is 4.16. The summed E-state index contributed by atoms with van der Waals surface area (Å²) >= 11 is 0. The maximum absolute atomic E-state index is 12.9. The Morgan fingerprint density at radius 2 is 2.20 bits per heavy atom. The van der Waals surface area contributed by atoms with Gasteiger partial charge in [-0.2, -0.15) is 0 Å². The summed E-state index contributed by atoms with van der Waals surface area (Å²) in [5.74, 6) is -0.663. The summed E-state index contributed by atoms with van der Waals surface area (Å²) in [5, 5.41) is 0. The molecule has 6 heteroatoms. The van der Waals surface area contributed by atoms with E-state index < -0.39 is 18.3 Å². The Labute approximate surface area is 83.2 Å². The monoisotopic (exact) mass is 224 g/mol. The molecule has 1 rings (SSSR count). The van der Waals surface area contributed by atoms with Gasteiger partial charge in [0.25, 0.3) is 0 Å². The summed E-state index contributed by atoms with van der Waals surface area (Å²) < 4.78 is 52.1. The van der Waals surface area contributed by atoms with Crippen LogP contribution in [0.1, 0.15) is 12.8 Å². The topological polar surface area (TPSA) is 26.3 Å². The van der Waals surface area contributed by atoms with Gasteiger partial charge in [-0.25, -0.2) is 4.39 Å². The molecule has 0 bridgehead atoms. The largest absolute Gasteiger partial charge is 0.523 e. The van der Waals surface area contributed by atoms with Gasteiger partial charge in [0.15, 0.2) is 0 Å². The van der Waals surface area contributed by atoms with Crippen LogP contribution in [0.4, 0.5) is 17.6 Å². The Morgan fingerprint density at radius 1 is 1.53 bits per heavy atom. The van der Waals surface area contributed by atoms with Crippen LogP contribution in [-0.4, -0.2) is 18.8 Å². The zero-order valence-electron chi connectivity index (χ0n) is 7.55. The van der Waals surface area contributed by atoms with Crippen LogP contribution in [0.5, 0.6) is 0 Å². The van der Waals surface area contributed by atoms with Crippen molar-refractivity contribution in [1.82, 2.24) is 0 Å². The fourth-order valence-electron chi connectivity index (χ4n) is 1.25. The molecule has 0 saturated carbocycles. The van der Waals surface area contributed by atoms with Crippen LogP contribution in [0.3, 0.4) is 0 Å². The second-order valence-electron chi connectivity index (χ2n) is 2.99. The first-order chi connectivity index (χ1) is 6.92. The van der Waals surface area contributed by atoms with Crippen molar-refractivity contribution in [2.75, 3.05) is 0 Å². The summed E-state index contributed by atoms with van der Waals surface area (Å²) in [5.41, 5.74) is 0.0294. The zero-order valence-corrected chi connectivity index (χ0v) is 7.55. The molecule has 0 saturated heterocycles. The standard InChI is InChI=1S/C9H8F4O2/c10-8-2-1-7(15-9(11,12)13)5-6(8)3-4-14/h1-2,4,7H,3,5H2. The van der Waals surface area contributed by atoms with Crippen molar-refractivity contribution in [3.63, 3.8) is 0 Å². The first-order valence-corrected chi connectivity index (χ1v) is 4.16. The number of alkyl halides is 3. The van der Waals surface area contributed by atoms with E-state index in [0.717, 1.165) is 12.2 Å². The van der Waals surface area contributed by atoms with Gasteiger partial charge in [-0.3, -0.25) is 4.74 Å². The number of hydrogen-bond donors (Lipinski definition) is 0. The van der Waals surface area contributed by atoms with E-state index in [0.29, 0.717) is 6.29 Å². The Morgan fingerprint density at radius 3 is 2.73 bits per heavy atom. The maximum Gasteiger partial charge on any atom is 0.523 e. The first kappa shape index (κ1) is 11.9. The lowest BCUT2D eigenvalue weighted by Crippen LogP contribution is -2.24. The molecule has 15 heavy (non-hydrogen) atoms. The Bertz CT molecular complexity index is 304. The van der Waals surface area contributed by atoms with Crippen molar-refractivity contribution < 1.29 is 27.1 Å². The molecule has 1 aliphatic rings. The minimum absolute atomic E-state index is 0.0294. The smallest absolute Gasteiger partial charge is 0.303 e. The van der Waals surface area contributed by atoms with E-state index in [1.54, 1.807) is 0 Å². The number of aldehydes is 1. The summed E-state index contributed by atoms with van der Waals surface area (Å²) in [6.45, 7) is 0. The third-order valence-electron chi connectivity index (χ3n) is 1.86. The number of rotatable bonds is 3. The highest BCUT2D eigenvalue weighted by Crippen LogP contribution is 2.28. The van der Waals surface area contributed by atoms with Gasteiger partial charge in [0.1, 0.15) is 12.1 Å². The Hall–Kier alpha value is -1.17. The van der Waals surface area contributed by atoms with Crippen molar-refractivity contribution in [2.45, 2.75) is 25.3 Å². The van der Waals surface area contributed by atoms with Gasteiger partial charge < -0.3 is 4.79 Å². The lowest BCUT2D eigenvalue weighted by atomic mass is 9.99. The second kappa shape index (κ2) is 4.57. The quantitative estimate of drug-likeness (QED) is 0.544. The van der Waals surface area contributed by atoms with Crippen molar-refractivity contribution in [3.05, 3.63) is 23.6 Å². The molecular formula is C9H8F4O2. The van der Waals surface area contributed by atoms with Gasteiger partial charge in [-0.1, -0.05) is 6.08 Å². The SMILES string of the molecule is O=CCC1=C(F)C=CC(OC(F)(F)F)C1. The normalized spacial score (nSPS) is 22.0. The molecule has 1 atom stereocenters. The number of hydrogen-bond acceptors (Lipinski definition) is 2. The summed E-state index contributed by atoms with van der Waals surface area (Å²) in [4.78, 5) is 10.1. The van der Waals surface area contributed by atoms with Gasteiger partial charge in [0.05, 0.1) is 6.10 Å². The summed E-state index contributed by atoms with van der Waals surface area (Å²) in [6, 6.07) is 0. The minimum atomic E-state index is -4.75. The second-order valence-corrected chi connectivity index (χ2v) is 2.99. The Kier molecular flexibility index (Phi) is 3.62. The van der Waals surface area contributed by atoms with Crippen LogP contribution in [0.15, 0.2) is 23.6 Å². The molecule has 0 spiro atoms.